The number of hydrogen-bond donors (Lipinski definition) is 2. The second kappa shape index (κ2) is 8.38. The first-order chi connectivity index (χ1) is 10.4. The van der Waals surface area contributed by atoms with E-state index in [0.29, 0.717) is 6.54 Å². The fourth-order valence-electron chi connectivity index (χ4n) is 1.99. The van der Waals surface area contributed by atoms with Crippen molar-refractivity contribution in [2.75, 3.05) is 26.1 Å². The first-order valence-corrected chi connectivity index (χ1v) is 7.09. The van der Waals surface area contributed by atoms with Gasteiger partial charge in [-0.3, -0.25) is 14.9 Å². The summed E-state index contributed by atoms with van der Waals surface area (Å²) < 4.78 is 9.35. The number of rotatable bonds is 8. The molecule has 22 heavy (non-hydrogen) atoms. The lowest BCUT2D eigenvalue weighted by atomic mass is 10.0. The Morgan fingerprint density at radius 3 is 2.32 bits per heavy atom. The predicted octanol–water partition coefficient (Wildman–Crippen LogP) is 1.57. The molecule has 0 amide bonds. The molecule has 0 saturated heterocycles. The zero-order valence-corrected chi connectivity index (χ0v) is 13.5. The molecule has 0 bridgehead atoms. The van der Waals surface area contributed by atoms with Gasteiger partial charge in [-0.05, 0) is 26.0 Å². The summed E-state index contributed by atoms with van der Waals surface area (Å²) >= 11 is 0. The number of nitrogens with one attached hydrogen (secondary N) is 2. The number of hydrogen-bond acceptors (Lipinski definition) is 6. The van der Waals surface area contributed by atoms with Gasteiger partial charge in [0.2, 0.25) is 0 Å². The summed E-state index contributed by atoms with van der Waals surface area (Å²) in [5, 5.41) is 6.43. The van der Waals surface area contributed by atoms with Crippen LogP contribution in [0.4, 0.5) is 5.69 Å². The van der Waals surface area contributed by atoms with E-state index in [1.165, 1.54) is 14.2 Å². The third-order valence-electron chi connectivity index (χ3n) is 3.16. The van der Waals surface area contributed by atoms with Gasteiger partial charge in [-0.1, -0.05) is 18.2 Å². The minimum Gasteiger partial charge on any atom is -0.469 e. The molecule has 1 aromatic carbocycles. The molecule has 0 fully saturated rings. The van der Waals surface area contributed by atoms with Gasteiger partial charge in [0.1, 0.15) is 6.04 Å². The van der Waals surface area contributed by atoms with E-state index in [4.69, 9.17) is 4.74 Å². The lowest BCUT2D eigenvalue weighted by Crippen LogP contribution is -2.54. The minimum absolute atomic E-state index is 0.0715. The van der Waals surface area contributed by atoms with Crippen LogP contribution in [0.15, 0.2) is 30.3 Å². The van der Waals surface area contributed by atoms with Crippen LogP contribution < -0.4 is 10.6 Å². The van der Waals surface area contributed by atoms with E-state index in [2.05, 4.69) is 15.4 Å². The molecular weight excluding hydrogens is 284 g/mol. The maximum absolute atomic E-state index is 11.8. The number of para-hydroxylation sites is 1. The molecule has 0 aliphatic rings. The van der Waals surface area contributed by atoms with E-state index in [1.54, 1.807) is 0 Å². The van der Waals surface area contributed by atoms with E-state index in [-0.39, 0.29) is 6.42 Å². The molecule has 1 aromatic rings. The summed E-state index contributed by atoms with van der Waals surface area (Å²) in [5.74, 6) is -0.951. The molecule has 1 unspecified atom stereocenters. The molecule has 1 atom stereocenters. The van der Waals surface area contributed by atoms with Gasteiger partial charge in [-0.25, -0.2) is 0 Å². The van der Waals surface area contributed by atoms with Crippen LogP contribution in [0.25, 0.3) is 0 Å². The number of benzene rings is 1. The Labute approximate surface area is 131 Å². The van der Waals surface area contributed by atoms with Gasteiger partial charge in [0, 0.05) is 17.8 Å². The Bertz CT molecular complexity index is 488. The number of esters is 2. The van der Waals surface area contributed by atoms with Crippen LogP contribution in [0.2, 0.25) is 0 Å². The lowest BCUT2D eigenvalue weighted by Gasteiger charge is -2.31. The predicted molar refractivity (Wildman–Crippen MR) is 84.6 cm³/mol. The Morgan fingerprint density at radius 2 is 1.77 bits per heavy atom. The van der Waals surface area contributed by atoms with Crippen molar-refractivity contribution in [3.8, 4) is 0 Å². The minimum atomic E-state index is -0.745. The number of carbonyl (C=O) groups excluding carboxylic acids is 2. The molecule has 0 radical (unpaired) electrons. The summed E-state index contributed by atoms with van der Waals surface area (Å²) in [6.45, 7) is 4.46. The molecule has 0 spiro atoms. The van der Waals surface area contributed by atoms with Crippen LogP contribution >= 0.6 is 0 Å². The Hall–Kier alpha value is -2.08. The fraction of sp³-hybridized carbons (Fsp3) is 0.500. The van der Waals surface area contributed by atoms with E-state index in [9.17, 15) is 9.59 Å². The average molecular weight is 308 g/mol. The van der Waals surface area contributed by atoms with Crippen molar-refractivity contribution < 1.29 is 19.1 Å². The van der Waals surface area contributed by atoms with Gasteiger partial charge in [0.25, 0.3) is 0 Å². The van der Waals surface area contributed by atoms with Crippen molar-refractivity contribution in [3.05, 3.63) is 30.3 Å². The molecule has 2 N–H and O–H groups in total. The average Bonchev–Trinajstić information content (AvgIpc) is 2.52. The SMILES string of the molecule is COC(=O)CC(NC(C)(C)CNc1ccccc1)C(=O)OC. The molecule has 6 heteroatoms. The first kappa shape index (κ1) is 18.0. The topological polar surface area (TPSA) is 76.7 Å². The molecular formula is C16H24N2O4. The molecule has 1 rings (SSSR count). The Morgan fingerprint density at radius 1 is 1.14 bits per heavy atom. The van der Waals surface area contributed by atoms with Gasteiger partial charge in [-0.2, -0.15) is 0 Å². The number of methoxy groups -OCH3 is 2. The fourth-order valence-corrected chi connectivity index (χ4v) is 1.99. The molecule has 6 nitrogen and oxygen atoms in total. The molecule has 122 valence electrons. The maximum atomic E-state index is 11.8. The van der Waals surface area contributed by atoms with Crippen molar-refractivity contribution in [2.24, 2.45) is 0 Å². The summed E-state index contributed by atoms with van der Waals surface area (Å²) in [5.41, 5.74) is 0.558. The van der Waals surface area contributed by atoms with Crippen LogP contribution in [0.3, 0.4) is 0 Å². The van der Waals surface area contributed by atoms with Gasteiger partial charge in [0.15, 0.2) is 0 Å². The van der Waals surface area contributed by atoms with E-state index >= 15 is 0 Å². The van der Waals surface area contributed by atoms with E-state index < -0.39 is 23.5 Å². The zero-order chi connectivity index (χ0) is 16.6. The second-order valence-electron chi connectivity index (χ2n) is 5.60. The molecule has 0 aliphatic carbocycles. The first-order valence-electron chi connectivity index (χ1n) is 7.09. The van der Waals surface area contributed by atoms with Gasteiger partial charge >= 0.3 is 11.9 Å². The largest absolute Gasteiger partial charge is 0.469 e. The van der Waals surface area contributed by atoms with Crippen LogP contribution in [-0.2, 0) is 19.1 Å². The standard InChI is InChI=1S/C16H24N2O4/c1-16(2,11-17-12-8-6-5-7-9-12)18-13(15(20)22-4)10-14(19)21-3/h5-9,13,17-18H,10-11H2,1-4H3. The molecule has 0 aromatic heterocycles. The Kier molecular flexibility index (Phi) is 6.85. The summed E-state index contributed by atoms with van der Waals surface area (Å²) in [7, 11) is 2.59. The van der Waals surface area contributed by atoms with Gasteiger partial charge < -0.3 is 14.8 Å². The van der Waals surface area contributed by atoms with Crippen molar-refractivity contribution in [1.29, 1.82) is 0 Å². The quantitative estimate of drug-likeness (QED) is 0.710. The Balaban J connectivity index is 2.64. The van der Waals surface area contributed by atoms with Gasteiger partial charge in [0.05, 0.1) is 20.6 Å². The number of ether oxygens (including phenoxy) is 2. The second-order valence-corrected chi connectivity index (χ2v) is 5.60. The van der Waals surface area contributed by atoms with Crippen LogP contribution in [0.1, 0.15) is 20.3 Å². The van der Waals surface area contributed by atoms with E-state index in [0.717, 1.165) is 5.69 Å². The third-order valence-corrected chi connectivity index (χ3v) is 3.16. The van der Waals surface area contributed by atoms with Crippen LogP contribution in [-0.4, -0.2) is 44.3 Å². The number of carbonyl (C=O) groups is 2. The highest BCUT2D eigenvalue weighted by atomic mass is 16.5. The number of anilines is 1. The summed E-state index contributed by atoms with van der Waals surface area (Å²) in [4.78, 5) is 23.2. The highest BCUT2D eigenvalue weighted by Gasteiger charge is 2.29. The highest BCUT2D eigenvalue weighted by Crippen LogP contribution is 2.11. The van der Waals surface area contributed by atoms with Crippen molar-refractivity contribution in [2.45, 2.75) is 31.8 Å². The van der Waals surface area contributed by atoms with Crippen molar-refractivity contribution >= 4 is 17.6 Å². The molecule has 0 heterocycles. The molecule has 0 aliphatic heterocycles. The monoisotopic (exact) mass is 308 g/mol. The summed E-state index contributed by atoms with van der Waals surface area (Å²) in [6.07, 6.45) is -0.0715. The summed E-state index contributed by atoms with van der Waals surface area (Å²) in [6, 6.07) is 9.00. The third kappa shape index (κ3) is 6.13. The van der Waals surface area contributed by atoms with Crippen LogP contribution in [0, 0.1) is 0 Å². The van der Waals surface area contributed by atoms with E-state index in [1.807, 2.05) is 44.2 Å². The smallest absolute Gasteiger partial charge is 0.323 e. The maximum Gasteiger partial charge on any atom is 0.323 e. The lowest BCUT2D eigenvalue weighted by molar-refractivity contribution is -0.150. The van der Waals surface area contributed by atoms with Crippen molar-refractivity contribution in [1.82, 2.24) is 5.32 Å². The molecule has 0 saturated carbocycles. The normalized spacial score (nSPS) is 12.4. The highest BCUT2D eigenvalue weighted by molar-refractivity contribution is 5.82. The van der Waals surface area contributed by atoms with Crippen molar-refractivity contribution in [3.63, 3.8) is 0 Å². The van der Waals surface area contributed by atoms with Gasteiger partial charge in [-0.15, -0.1) is 0 Å². The van der Waals surface area contributed by atoms with Crippen LogP contribution in [0.5, 0.6) is 0 Å². The zero-order valence-electron chi connectivity index (χ0n) is 13.5.